The molecule has 8 rings (SSSR count). The maximum atomic E-state index is 6.88. The third-order valence-electron chi connectivity index (χ3n) is 10.6. The average molecular weight is 722 g/mol. The van der Waals surface area contributed by atoms with E-state index in [1.54, 1.807) is 0 Å². The Hall–Kier alpha value is -4.48. The fourth-order valence-electron chi connectivity index (χ4n) is 8.26. The molecule has 0 radical (unpaired) electrons. The minimum absolute atomic E-state index is 0.753. The van der Waals surface area contributed by atoms with Crippen LogP contribution in [0.4, 0.5) is 0 Å². The molecule has 4 aromatic carbocycles. The monoisotopic (exact) mass is 720 g/mol. The molecule has 0 spiro atoms. The lowest BCUT2D eigenvalue weighted by Gasteiger charge is -2.31. The number of benzene rings is 4. The van der Waals surface area contributed by atoms with E-state index in [1.807, 2.05) is 38.5 Å². The molecule has 0 N–H and O–H groups in total. The third kappa shape index (κ3) is 5.30. The van der Waals surface area contributed by atoms with Gasteiger partial charge in [0.05, 0.1) is 0 Å². The summed E-state index contributed by atoms with van der Waals surface area (Å²) in [5, 5.41) is 8.20. The summed E-state index contributed by atoms with van der Waals surface area (Å²) in [6.45, 7) is 4.46. The van der Waals surface area contributed by atoms with Gasteiger partial charge in [-0.15, -0.1) is 0 Å². The van der Waals surface area contributed by atoms with Crippen LogP contribution in [0.1, 0.15) is 25.0 Å². The molecule has 0 saturated carbocycles. The highest BCUT2D eigenvalue weighted by atomic mass is 35.5. The summed E-state index contributed by atoms with van der Waals surface area (Å²) in [4.78, 5) is 0. The molecule has 4 aliphatic rings. The molecule has 252 valence electrons. The molecular formula is C46H38Cl2O2Si. The summed E-state index contributed by atoms with van der Waals surface area (Å²) < 4.78 is 13.8. The Kier molecular flexibility index (Phi) is 8.96. The Morgan fingerprint density at radius 3 is 1.14 bits per heavy atom. The van der Waals surface area contributed by atoms with Gasteiger partial charge in [0, 0.05) is 45.4 Å². The minimum Gasteiger partial charge on any atom is -0.391 e. The smallest absolute Gasteiger partial charge is 0.391 e. The van der Waals surface area contributed by atoms with Gasteiger partial charge in [-0.2, -0.15) is 0 Å². The molecule has 0 heterocycles. The first kappa shape index (κ1) is 33.6. The van der Waals surface area contributed by atoms with Gasteiger partial charge >= 0.3 is 8.56 Å². The molecule has 0 amide bonds. The number of fused-ring (bicyclic) bond motifs is 4. The van der Waals surface area contributed by atoms with Gasteiger partial charge in [-0.1, -0.05) is 158 Å². The van der Waals surface area contributed by atoms with Crippen molar-refractivity contribution in [1.82, 2.24) is 0 Å². The first-order chi connectivity index (χ1) is 24.9. The molecule has 0 aliphatic heterocycles. The number of halogens is 2. The van der Waals surface area contributed by atoms with E-state index in [0.29, 0.717) is 0 Å². The number of aryl methyl sites for hydroxylation is 2. The quantitative estimate of drug-likeness (QED) is 0.145. The fraction of sp³-hybridized carbons (Fsp3) is 0.130. The van der Waals surface area contributed by atoms with Gasteiger partial charge in [0.2, 0.25) is 0 Å². The molecule has 0 bridgehead atoms. The second kappa shape index (κ2) is 13.6. The van der Waals surface area contributed by atoms with Gasteiger partial charge in [-0.05, 0) is 91.4 Å². The summed E-state index contributed by atoms with van der Waals surface area (Å²) >= 11 is 13.4. The topological polar surface area (TPSA) is 18.5 Å². The molecule has 0 atom stereocenters. The van der Waals surface area contributed by atoms with Crippen LogP contribution in [-0.4, -0.2) is 22.8 Å². The molecule has 4 aliphatic carbocycles. The van der Waals surface area contributed by atoms with Gasteiger partial charge < -0.3 is 8.85 Å². The summed E-state index contributed by atoms with van der Waals surface area (Å²) in [5.74, 6) is 0. The standard InChI is InChI=1S/C46H38Cl2O2Si/c1-5-29-27-41-33(35-23-25-43(47)37-19-11-7-15-31(35)37)17-9-13-21-39(41)45(29)51(49-3,50-4)46-30(6-2)28-42-34(18-10-14-22-40(42)46)36-24-26-44(48)38-20-12-8-16-32(36)38/h7-28H,5-6H2,1-4H3. The molecule has 4 aromatic rings. The van der Waals surface area contributed by atoms with Crippen LogP contribution in [0, 0.1) is 0 Å². The second-order valence-corrected chi connectivity index (χ2v) is 16.9. The van der Waals surface area contributed by atoms with Gasteiger partial charge in [0.15, 0.2) is 0 Å². The maximum absolute atomic E-state index is 6.88. The van der Waals surface area contributed by atoms with Crippen molar-refractivity contribution in [3.05, 3.63) is 155 Å². The van der Waals surface area contributed by atoms with Gasteiger partial charge in [-0.25, -0.2) is 0 Å². The van der Waals surface area contributed by atoms with Crippen molar-refractivity contribution in [1.29, 1.82) is 0 Å². The van der Waals surface area contributed by atoms with Crippen LogP contribution in [0.15, 0.2) is 133 Å². The van der Waals surface area contributed by atoms with Gasteiger partial charge in [0.25, 0.3) is 0 Å². The van der Waals surface area contributed by atoms with E-state index in [9.17, 15) is 0 Å². The van der Waals surface area contributed by atoms with Gasteiger partial charge in [-0.3, -0.25) is 0 Å². The lowest BCUT2D eigenvalue weighted by Crippen LogP contribution is -2.64. The SMILES string of the molecule is CCc1cc2c(-c3ccc(Cl)c4ccccc34)ccccc-2c1[Si](OC)(OC)c1c(CC)cc2c(-c3ccc(Cl)c4ccccc34)ccccc1-2. The average Bonchev–Trinajstić information content (AvgIpc) is 3.56. The van der Waals surface area contributed by atoms with E-state index < -0.39 is 8.56 Å². The second-order valence-electron chi connectivity index (χ2n) is 13.0. The zero-order valence-corrected chi connectivity index (χ0v) is 31.7. The predicted octanol–water partition coefficient (Wildman–Crippen LogP) is 11.8. The highest BCUT2D eigenvalue weighted by Gasteiger charge is 2.49. The van der Waals surface area contributed by atoms with Crippen LogP contribution in [-0.2, 0) is 21.7 Å². The summed E-state index contributed by atoms with van der Waals surface area (Å²) in [6.07, 6.45) is 1.68. The van der Waals surface area contributed by atoms with Crippen molar-refractivity contribution < 1.29 is 8.85 Å². The summed E-state index contributed by atoms with van der Waals surface area (Å²) in [7, 11) is 0.327. The number of hydrogen-bond donors (Lipinski definition) is 0. The maximum Gasteiger partial charge on any atom is 0.408 e. The first-order valence-electron chi connectivity index (χ1n) is 17.5. The summed E-state index contributed by atoms with van der Waals surface area (Å²) in [5.41, 5.74) is 11.8. The van der Waals surface area contributed by atoms with Crippen LogP contribution < -0.4 is 10.4 Å². The molecule has 2 nitrogen and oxygen atoms in total. The van der Waals surface area contributed by atoms with E-state index in [2.05, 4.69) is 123 Å². The van der Waals surface area contributed by atoms with Crippen LogP contribution in [0.25, 0.3) is 66.1 Å². The molecule has 0 aromatic heterocycles. The van der Waals surface area contributed by atoms with E-state index in [4.69, 9.17) is 32.1 Å². The van der Waals surface area contributed by atoms with E-state index in [1.165, 1.54) is 32.6 Å². The largest absolute Gasteiger partial charge is 0.408 e. The minimum atomic E-state index is -3.34. The molecule has 5 heteroatoms. The fourth-order valence-corrected chi connectivity index (χ4v) is 12.4. The van der Waals surface area contributed by atoms with Crippen molar-refractivity contribution in [3.63, 3.8) is 0 Å². The highest BCUT2D eigenvalue weighted by Crippen LogP contribution is 2.43. The zero-order chi connectivity index (χ0) is 35.3. The lowest BCUT2D eigenvalue weighted by molar-refractivity contribution is 0.272. The van der Waals surface area contributed by atoms with Gasteiger partial charge in [0.1, 0.15) is 0 Å². The van der Waals surface area contributed by atoms with Crippen LogP contribution in [0.5, 0.6) is 0 Å². The van der Waals surface area contributed by atoms with Crippen molar-refractivity contribution in [2.75, 3.05) is 14.2 Å². The number of hydrogen-bond acceptors (Lipinski definition) is 2. The Morgan fingerprint density at radius 2 is 0.765 bits per heavy atom. The van der Waals surface area contributed by atoms with Crippen molar-refractivity contribution >= 4 is 63.7 Å². The Balaban J connectivity index is 1.39. The molecule has 0 fully saturated rings. The summed E-state index contributed by atoms with van der Waals surface area (Å²) in [6, 6.07) is 47.3. The normalized spacial score (nSPS) is 12.0. The van der Waals surface area contributed by atoms with E-state index >= 15 is 0 Å². The van der Waals surface area contributed by atoms with E-state index in [-0.39, 0.29) is 0 Å². The molecule has 0 unspecified atom stereocenters. The van der Waals surface area contributed by atoms with Crippen LogP contribution >= 0.6 is 23.2 Å². The van der Waals surface area contributed by atoms with Crippen LogP contribution in [0.2, 0.25) is 10.0 Å². The Morgan fingerprint density at radius 1 is 0.412 bits per heavy atom. The van der Waals surface area contributed by atoms with Crippen LogP contribution in [0.3, 0.4) is 0 Å². The highest BCUT2D eigenvalue weighted by molar-refractivity contribution is 6.95. The molecule has 51 heavy (non-hydrogen) atoms. The lowest BCUT2D eigenvalue weighted by atomic mass is 9.95. The Bertz CT molecular complexity index is 2350. The number of rotatable bonds is 8. The van der Waals surface area contributed by atoms with Crippen molar-refractivity contribution in [2.24, 2.45) is 0 Å². The molecule has 0 saturated heterocycles. The Labute approximate surface area is 311 Å². The first-order valence-corrected chi connectivity index (χ1v) is 20.1. The predicted molar refractivity (Wildman–Crippen MR) is 220 cm³/mol. The molecular weight excluding hydrogens is 683 g/mol. The van der Waals surface area contributed by atoms with E-state index in [0.717, 1.165) is 77.8 Å². The van der Waals surface area contributed by atoms with Crippen molar-refractivity contribution in [2.45, 2.75) is 26.7 Å². The third-order valence-corrected chi connectivity index (χ3v) is 14.9. The van der Waals surface area contributed by atoms with Crippen molar-refractivity contribution in [3.8, 4) is 44.5 Å². The zero-order valence-electron chi connectivity index (χ0n) is 29.2.